The van der Waals surface area contributed by atoms with Gasteiger partial charge in [-0.05, 0) is 0 Å². The van der Waals surface area contributed by atoms with Gasteiger partial charge in [0.25, 0.3) is 0 Å². The van der Waals surface area contributed by atoms with E-state index in [2.05, 4.69) is 16.9 Å². The molecule has 4 heteroatoms. The minimum Gasteiger partial charge on any atom is -0.506 e. The number of aromatic hydroxyl groups is 1. The predicted octanol–water partition coefficient (Wildman–Crippen LogP) is 1.66. The molecule has 2 N–H and O–H groups in total. The van der Waals surface area contributed by atoms with Crippen LogP contribution in [0.2, 0.25) is 0 Å². The zero-order chi connectivity index (χ0) is 11.5. The molecule has 0 bridgehead atoms. The van der Waals surface area contributed by atoms with Crippen molar-refractivity contribution in [2.24, 2.45) is 0 Å². The molecule has 1 aromatic heterocycles. The lowest BCUT2D eigenvalue weighted by Crippen LogP contribution is -2.09. The van der Waals surface area contributed by atoms with Gasteiger partial charge in [-0.3, -0.25) is 9.78 Å². The number of aromatic nitrogens is 1. The fraction of sp³-hybridized carbons (Fsp3) is 0. The third-order valence-corrected chi connectivity index (χ3v) is 2.29. The van der Waals surface area contributed by atoms with Crippen molar-refractivity contribution in [3.05, 3.63) is 42.7 Å². The summed E-state index contributed by atoms with van der Waals surface area (Å²) in [6, 6.07) is 7.25. The minimum atomic E-state index is 0.109. The SMILES string of the molecule is C=C(NC=O)c1ncc(O)c2ccccc12. The van der Waals surface area contributed by atoms with Gasteiger partial charge in [-0.1, -0.05) is 30.8 Å². The van der Waals surface area contributed by atoms with E-state index in [9.17, 15) is 9.90 Å². The average Bonchev–Trinajstić information content (AvgIpc) is 2.30. The molecular formula is C12H10N2O2. The number of fused-ring (bicyclic) bond motifs is 1. The highest BCUT2D eigenvalue weighted by Crippen LogP contribution is 2.27. The summed E-state index contributed by atoms with van der Waals surface area (Å²) in [5.74, 6) is 0.109. The van der Waals surface area contributed by atoms with E-state index in [0.29, 0.717) is 23.2 Å². The number of amides is 1. The van der Waals surface area contributed by atoms with Crippen LogP contribution < -0.4 is 5.32 Å². The Morgan fingerprint density at radius 3 is 2.75 bits per heavy atom. The second-order valence-electron chi connectivity index (χ2n) is 3.28. The van der Waals surface area contributed by atoms with Crippen LogP contribution in [-0.2, 0) is 4.79 Å². The van der Waals surface area contributed by atoms with E-state index in [1.165, 1.54) is 6.20 Å². The summed E-state index contributed by atoms with van der Waals surface area (Å²) in [5.41, 5.74) is 0.965. The summed E-state index contributed by atoms with van der Waals surface area (Å²) >= 11 is 0. The minimum absolute atomic E-state index is 0.109. The monoisotopic (exact) mass is 214 g/mol. The molecule has 4 nitrogen and oxygen atoms in total. The van der Waals surface area contributed by atoms with Crippen LogP contribution in [-0.4, -0.2) is 16.5 Å². The summed E-state index contributed by atoms with van der Waals surface area (Å²) in [6.45, 7) is 3.71. The van der Waals surface area contributed by atoms with Crippen molar-refractivity contribution in [1.82, 2.24) is 10.3 Å². The number of pyridine rings is 1. The van der Waals surface area contributed by atoms with Crippen LogP contribution in [0.5, 0.6) is 5.75 Å². The molecule has 0 spiro atoms. The molecule has 0 aliphatic rings. The number of nitrogens with zero attached hydrogens (tertiary/aromatic N) is 1. The fourth-order valence-corrected chi connectivity index (χ4v) is 1.56. The van der Waals surface area contributed by atoms with Crippen molar-refractivity contribution in [3.63, 3.8) is 0 Å². The summed E-state index contributed by atoms with van der Waals surface area (Å²) in [4.78, 5) is 14.4. The number of rotatable bonds is 3. The van der Waals surface area contributed by atoms with E-state index in [4.69, 9.17) is 0 Å². The molecule has 1 amide bonds. The molecule has 1 heterocycles. The Bertz CT molecular complexity index is 564. The standard InChI is InChI=1S/C12H10N2O2/c1-8(14-7-15)12-10-5-3-2-4-9(10)11(16)6-13-12/h2-7,16H,1H2,(H,14,15). The lowest BCUT2D eigenvalue weighted by atomic mass is 10.1. The first-order valence-corrected chi connectivity index (χ1v) is 4.70. The topological polar surface area (TPSA) is 62.2 Å². The highest BCUT2D eigenvalue weighted by atomic mass is 16.3. The molecule has 0 radical (unpaired) electrons. The second-order valence-corrected chi connectivity index (χ2v) is 3.28. The Balaban J connectivity index is 2.67. The number of hydrogen-bond donors (Lipinski definition) is 2. The molecule has 0 unspecified atom stereocenters. The van der Waals surface area contributed by atoms with Crippen molar-refractivity contribution in [2.75, 3.05) is 0 Å². The lowest BCUT2D eigenvalue weighted by Gasteiger charge is -2.08. The number of nitrogens with one attached hydrogen (secondary N) is 1. The molecule has 0 aliphatic heterocycles. The Hall–Kier alpha value is -2.36. The second kappa shape index (κ2) is 4.02. The van der Waals surface area contributed by atoms with Crippen molar-refractivity contribution in [3.8, 4) is 5.75 Å². The van der Waals surface area contributed by atoms with E-state index in [1.54, 1.807) is 6.07 Å². The molecule has 80 valence electrons. The molecular weight excluding hydrogens is 204 g/mol. The zero-order valence-corrected chi connectivity index (χ0v) is 8.47. The van der Waals surface area contributed by atoms with Crippen LogP contribution in [0, 0.1) is 0 Å². The Kier molecular flexibility index (Phi) is 2.55. The first kappa shape index (κ1) is 10.2. The van der Waals surface area contributed by atoms with Gasteiger partial charge in [-0.15, -0.1) is 0 Å². The summed E-state index contributed by atoms with van der Waals surface area (Å²) < 4.78 is 0. The normalized spacial score (nSPS) is 10.0. The van der Waals surface area contributed by atoms with Crippen LogP contribution in [0.4, 0.5) is 0 Å². The van der Waals surface area contributed by atoms with E-state index in [1.807, 2.05) is 18.2 Å². The molecule has 0 fully saturated rings. The number of benzene rings is 1. The largest absolute Gasteiger partial charge is 0.506 e. The van der Waals surface area contributed by atoms with E-state index in [-0.39, 0.29) is 5.75 Å². The zero-order valence-electron chi connectivity index (χ0n) is 8.47. The van der Waals surface area contributed by atoms with E-state index in [0.717, 1.165) is 5.39 Å². The molecule has 0 aliphatic carbocycles. The highest BCUT2D eigenvalue weighted by Gasteiger charge is 2.08. The smallest absolute Gasteiger partial charge is 0.211 e. The first-order chi connectivity index (χ1) is 7.74. The quantitative estimate of drug-likeness (QED) is 0.764. The van der Waals surface area contributed by atoms with Gasteiger partial charge >= 0.3 is 0 Å². The van der Waals surface area contributed by atoms with E-state index < -0.39 is 0 Å². The molecule has 0 atom stereocenters. The van der Waals surface area contributed by atoms with Gasteiger partial charge < -0.3 is 10.4 Å². The van der Waals surface area contributed by atoms with Crippen molar-refractivity contribution in [2.45, 2.75) is 0 Å². The maximum absolute atomic E-state index is 10.3. The molecule has 0 saturated heterocycles. The van der Waals surface area contributed by atoms with Gasteiger partial charge in [0.05, 0.1) is 17.6 Å². The predicted molar refractivity (Wildman–Crippen MR) is 61.6 cm³/mol. The van der Waals surface area contributed by atoms with Crippen molar-refractivity contribution < 1.29 is 9.90 Å². The van der Waals surface area contributed by atoms with E-state index >= 15 is 0 Å². The Morgan fingerprint density at radius 2 is 2.06 bits per heavy atom. The Labute approximate surface area is 92.2 Å². The van der Waals surface area contributed by atoms with Crippen molar-refractivity contribution in [1.29, 1.82) is 0 Å². The molecule has 1 aromatic carbocycles. The number of carbonyl (C=O) groups excluding carboxylic acids is 1. The molecule has 0 saturated carbocycles. The van der Waals surface area contributed by atoms with Crippen LogP contribution >= 0.6 is 0 Å². The highest BCUT2D eigenvalue weighted by molar-refractivity contribution is 5.95. The van der Waals surface area contributed by atoms with Gasteiger partial charge in [-0.25, -0.2) is 0 Å². The summed E-state index contributed by atoms with van der Waals surface area (Å²) in [6.07, 6.45) is 1.89. The lowest BCUT2D eigenvalue weighted by molar-refractivity contribution is -0.108. The van der Waals surface area contributed by atoms with Crippen LogP contribution in [0.15, 0.2) is 37.0 Å². The summed E-state index contributed by atoms with van der Waals surface area (Å²) in [7, 11) is 0. The van der Waals surface area contributed by atoms with Gasteiger partial charge in [0.2, 0.25) is 6.41 Å². The maximum atomic E-state index is 10.3. The van der Waals surface area contributed by atoms with Crippen LogP contribution in [0.25, 0.3) is 16.5 Å². The average molecular weight is 214 g/mol. The van der Waals surface area contributed by atoms with Crippen LogP contribution in [0.1, 0.15) is 5.69 Å². The van der Waals surface area contributed by atoms with Crippen LogP contribution in [0.3, 0.4) is 0 Å². The summed E-state index contributed by atoms with van der Waals surface area (Å²) in [5, 5.41) is 13.5. The fourth-order valence-electron chi connectivity index (χ4n) is 1.56. The molecule has 2 rings (SSSR count). The van der Waals surface area contributed by atoms with Gasteiger partial charge in [0.15, 0.2) is 0 Å². The third-order valence-electron chi connectivity index (χ3n) is 2.29. The maximum Gasteiger partial charge on any atom is 0.211 e. The number of carbonyl (C=O) groups is 1. The first-order valence-electron chi connectivity index (χ1n) is 4.70. The Morgan fingerprint density at radius 1 is 1.38 bits per heavy atom. The van der Waals surface area contributed by atoms with Gasteiger partial charge in [0.1, 0.15) is 5.75 Å². The number of hydrogen-bond acceptors (Lipinski definition) is 3. The van der Waals surface area contributed by atoms with Gasteiger partial charge in [0, 0.05) is 10.8 Å². The van der Waals surface area contributed by atoms with Crippen molar-refractivity contribution >= 4 is 22.9 Å². The molecule has 16 heavy (non-hydrogen) atoms. The van der Waals surface area contributed by atoms with Gasteiger partial charge in [-0.2, -0.15) is 0 Å². The molecule has 2 aromatic rings. The third kappa shape index (κ3) is 1.61.